The van der Waals surface area contributed by atoms with Gasteiger partial charge in [-0.2, -0.15) is 0 Å². The molecule has 1 N–H and O–H groups in total. The number of carbonyl (C=O) groups excluding carboxylic acids is 1. The number of esters is 1. The van der Waals surface area contributed by atoms with Gasteiger partial charge in [-0.05, 0) is 12.8 Å². The van der Waals surface area contributed by atoms with Crippen LogP contribution >= 0.6 is 0 Å². The van der Waals surface area contributed by atoms with Crippen LogP contribution in [0.25, 0.3) is 0 Å². The van der Waals surface area contributed by atoms with Crippen molar-refractivity contribution in [3.63, 3.8) is 0 Å². The molecule has 24 heavy (non-hydrogen) atoms. The van der Waals surface area contributed by atoms with Gasteiger partial charge in [-0.15, -0.1) is 0 Å². The highest BCUT2D eigenvalue weighted by atomic mass is 16.5. The van der Waals surface area contributed by atoms with Gasteiger partial charge >= 0.3 is 5.97 Å². The van der Waals surface area contributed by atoms with Crippen LogP contribution in [-0.2, 0) is 9.53 Å². The number of unbranched alkanes of at least 4 members (excludes halogenated alkanes) is 14. The highest BCUT2D eigenvalue weighted by molar-refractivity contribution is 5.69. The molecule has 0 unspecified atom stereocenters. The Kier molecular flexibility index (Phi) is 19.5. The summed E-state index contributed by atoms with van der Waals surface area (Å²) >= 11 is 0. The number of carbonyl (C=O) groups is 1. The number of aliphatic hydroxyl groups excluding tert-OH is 1. The van der Waals surface area contributed by atoms with Crippen LogP contribution in [0.2, 0.25) is 0 Å². The van der Waals surface area contributed by atoms with E-state index in [0.717, 1.165) is 19.3 Å². The third-order valence-electron chi connectivity index (χ3n) is 4.40. The number of hydrogen-bond acceptors (Lipinski definition) is 3. The fourth-order valence-corrected chi connectivity index (χ4v) is 2.90. The van der Waals surface area contributed by atoms with Crippen molar-refractivity contribution in [1.29, 1.82) is 0 Å². The summed E-state index contributed by atoms with van der Waals surface area (Å²) in [6, 6.07) is 0. The SMILES string of the molecule is C=CCOC(=O)CCCCCCCCCCCCCCCCCO. The summed E-state index contributed by atoms with van der Waals surface area (Å²) < 4.78 is 4.95. The predicted molar refractivity (Wildman–Crippen MR) is 102 cm³/mol. The fraction of sp³-hybridized carbons (Fsp3) is 0.857. The normalized spacial score (nSPS) is 10.7. The van der Waals surface area contributed by atoms with Crippen molar-refractivity contribution >= 4 is 5.97 Å². The molecule has 0 saturated carbocycles. The van der Waals surface area contributed by atoms with E-state index in [2.05, 4.69) is 6.58 Å². The summed E-state index contributed by atoms with van der Waals surface area (Å²) in [5.41, 5.74) is 0. The molecule has 0 aromatic rings. The summed E-state index contributed by atoms with van der Waals surface area (Å²) in [5, 5.41) is 8.70. The Balaban J connectivity index is 3.05. The van der Waals surface area contributed by atoms with Gasteiger partial charge in [0.1, 0.15) is 6.61 Å². The smallest absolute Gasteiger partial charge is 0.306 e. The summed E-state index contributed by atoms with van der Waals surface area (Å²) in [6.45, 7) is 4.21. The second-order valence-electron chi connectivity index (χ2n) is 6.75. The van der Waals surface area contributed by atoms with E-state index in [1.165, 1.54) is 77.0 Å². The molecule has 0 bridgehead atoms. The molecule has 0 aliphatic rings. The molecule has 0 aromatic heterocycles. The Morgan fingerprint density at radius 2 is 1.08 bits per heavy atom. The molecule has 0 atom stereocenters. The van der Waals surface area contributed by atoms with Crippen molar-refractivity contribution in [2.24, 2.45) is 0 Å². The van der Waals surface area contributed by atoms with Crippen LogP contribution in [-0.4, -0.2) is 24.3 Å². The van der Waals surface area contributed by atoms with Crippen molar-refractivity contribution in [2.75, 3.05) is 13.2 Å². The molecule has 3 heteroatoms. The highest BCUT2D eigenvalue weighted by Gasteiger charge is 2.01. The molecule has 0 saturated heterocycles. The Morgan fingerprint density at radius 1 is 0.708 bits per heavy atom. The van der Waals surface area contributed by atoms with E-state index in [0.29, 0.717) is 19.6 Å². The summed E-state index contributed by atoms with van der Waals surface area (Å²) in [7, 11) is 0. The molecule has 0 rings (SSSR count). The molecular formula is C21H40O3. The first-order valence-electron chi connectivity index (χ1n) is 10.2. The lowest BCUT2D eigenvalue weighted by Crippen LogP contribution is -2.03. The fourth-order valence-electron chi connectivity index (χ4n) is 2.90. The summed E-state index contributed by atoms with van der Waals surface area (Å²) in [5.74, 6) is -0.0942. The zero-order valence-electron chi connectivity index (χ0n) is 15.8. The van der Waals surface area contributed by atoms with Crippen LogP contribution < -0.4 is 0 Å². The van der Waals surface area contributed by atoms with Crippen molar-refractivity contribution < 1.29 is 14.6 Å². The molecule has 0 aliphatic heterocycles. The van der Waals surface area contributed by atoms with Crippen LogP contribution in [0.1, 0.15) is 103 Å². The van der Waals surface area contributed by atoms with Gasteiger partial charge in [-0.25, -0.2) is 0 Å². The Labute approximate surface area is 149 Å². The largest absolute Gasteiger partial charge is 0.461 e. The number of hydrogen-bond donors (Lipinski definition) is 1. The van der Waals surface area contributed by atoms with Gasteiger partial charge in [0.2, 0.25) is 0 Å². The molecular weight excluding hydrogens is 300 g/mol. The van der Waals surface area contributed by atoms with Gasteiger partial charge in [-0.1, -0.05) is 96.1 Å². The van der Waals surface area contributed by atoms with Gasteiger partial charge in [0.25, 0.3) is 0 Å². The highest BCUT2D eigenvalue weighted by Crippen LogP contribution is 2.13. The molecule has 3 nitrogen and oxygen atoms in total. The van der Waals surface area contributed by atoms with Gasteiger partial charge < -0.3 is 9.84 Å². The first kappa shape index (κ1) is 23.2. The number of aliphatic hydroxyl groups is 1. The average Bonchev–Trinajstić information content (AvgIpc) is 2.59. The lowest BCUT2D eigenvalue weighted by atomic mass is 10.0. The lowest BCUT2D eigenvalue weighted by Gasteiger charge is -2.04. The molecule has 0 heterocycles. The van der Waals surface area contributed by atoms with E-state index in [1.807, 2.05) is 0 Å². The first-order valence-corrected chi connectivity index (χ1v) is 10.2. The average molecular weight is 341 g/mol. The first-order chi connectivity index (χ1) is 11.8. The maximum absolute atomic E-state index is 11.3. The minimum Gasteiger partial charge on any atom is -0.461 e. The molecule has 0 radical (unpaired) electrons. The van der Waals surface area contributed by atoms with Crippen molar-refractivity contribution in [2.45, 2.75) is 103 Å². The zero-order chi connectivity index (χ0) is 17.7. The van der Waals surface area contributed by atoms with E-state index in [1.54, 1.807) is 6.08 Å². The van der Waals surface area contributed by atoms with Crippen molar-refractivity contribution in [1.82, 2.24) is 0 Å². The second-order valence-corrected chi connectivity index (χ2v) is 6.75. The molecule has 0 fully saturated rings. The van der Waals surface area contributed by atoms with Crippen LogP contribution in [0, 0.1) is 0 Å². The minimum atomic E-state index is -0.0942. The summed E-state index contributed by atoms with van der Waals surface area (Å²) in [4.78, 5) is 11.3. The van der Waals surface area contributed by atoms with E-state index in [4.69, 9.17) is 9.84 Å². The molecule has 142 valence electrons. The third kappa shape index (κ3) is 19.2. The topological polar surface area (TPSA) is 46.5 Å². The summed E-state index contributed by atoms with van der Waals surface area (Å²) in [6.07, 6.45) is 21.1. The Hall–Kier alpha value is -0.830. The molecule has 0 spiro atoms. The van der Waals surface area contributed by atoms with Gasteiger partial charge in [-0.3, -0.25) is 4.79 Å². The second kappa shape index (κ2) is 20.2. The maximum Gasteiger partial charge on any atom is 0.306 e. The van der Waals surface area contributed by atoms with E-state index in [9.17, 15) is 4.79 Å². The van der Waals surface area contributed by atoms with Crippen LogP contribution in [0.4, 0.5) is 0 Å². The van der Waals surface area contributed by atoms with Crippen LogP contribution in [0.15, 0.2) is 12.7 Å². The van der Waals surface area contributed by atoms with Crippen LogP contribution in [0.3, 0.4) is 0 Å². The van der Waals surface area contributed by atoms with Gasteiger partial charge in [0.05, 0.1) is 0 Å². The minimum absolute atomic E-state index is 0.0942. The predicted octanol–water partition coefficient (Wildman–Crippen LogP) is 5.95. The monoisotopic (exact) mass is 340 g/mol. The maximum atomic E-state index is 11.3. The third-order valence-corrected chi connectivity index (χ3v) is 4.40. The van der Waals surface area contributed by atoms with Crippen molar-refractivity contribution in [3.8, 4) is 0 Å². The number of rotatable bonds is 19. The van der Waals surface area contributed by atoms with Crippen LogP contribution in [0.5, 0.6) is 0 Å². The standard InChI is InChI=1S/C21H40O3/c1-2-20-24-21(23)18-16-14-12-10-8-6-4-3-5-7-9-11-13-15-17-19-22/h2,22H,1,3-20H2. The van der Waals surface area contributed by atoms with E-state index >= 15 is 0 Å². The zero-order valence-corrected chi connectivity index (χ0v) is 15.8. The quantitative estimate of drug-likeness (QED) is 0.179. The number of ether oxygens (including phenoxy) is 1. The Bertz CT molecular complexity index is 276. The van der Waals surface area contributed by atoms with Crippen molar-refractivity contribution in [3.05, 3.63) is 12.7 Å². The Morgan fingerprint density at radius 3 is 1.46 bits per heavy atom. The van der Waals surface area contributed by atoms with Gasteiger partial charge in [0, 0.05) is 13.0 Å². The molecule has 0 amide bonds. The van der Waals surface area contributed by atoms with E-state index < -0.39 is 0 Å². The molecule has 0 aromatic carbocycles. The molecule has 0 aliphatic carbocycles. The van der Waals surface area contributed by atoms with E-state index in [-0.39, 0.29) is 5.97 Å². The lowest BCUT2D eigenvalue weighted by molar-refractivity contribution is -0.142. The van der Waals surface area contributed by atoms with Gasteiger partial charge in [0.15, 0.2) is 0 Å².